The fourth-order valence-corrected chi connectivity index (χ4v) is 2.94. The lowest BCUT2D eigenvalue weighted by Crippen LogP contribution is -2.45. The van der Waals surface area contributed by atoms with Crippen molar-refractivity contribution in [3.8, 4) is 0 Å². The number of hydrogen-bond donors (Lipinski definition) is 2. The molecule has 98 valence electrons. The summed E-state index contributed by atoms with van der Waals surface area (Å²) >= 11 is 2.28. The Kier molecular flexibility index (Phi) is 4.61. The maximum absolute atomic E-state index is 12.2. The summed E-state index contributed by atoms with van der Waals surface area (Å²) in [6, 6.07) is 6.02. The fraction of sp³-hybridized carbons (Fsp3) is 0.500. The van der Waals surface area contributed by atoms with Crippen LogP contribution in [0.1, 0.15) is 25.3 Å². The summed E-state index contributed by atoms with van der Waals surface area (Å²) in [4.78, 5) is 12.2. The van der Waals surface area contributed by atoms with Gasteiger partial charge in [-0.1, -0.05) is 6.92 Å². The molecule has 0 bridgehead atoms. The Labute approximate surface area is 122 Å². The molecule has 3 nitrogen and oxygen atoms in total. The number of benzene rings is 1. The van der Waals surface area contributed by atoms with E-state index in [4.69, 9.17) is 0 Å². The van der Waals surface area contributed by atoms with Gasteiger partial charge in [0.05, 0.1) is 6.04 Å². The molecule has 2 N–H and O–H groups in total. The van der Waals surface area contributed by atoms with E-state index in [1.165, 1.54) is 3.57 Å². The summed E-state index contributed by atoms with van der Waals surface area (Å²) in [6.07, 6.45) is 2.08. The summed E-state index contributed by atoms with van der Waals surface area (Å²) in [6.45, 7) is 5.16. The van der Waals surface area contributed by atoms with Crippen LogP contribution in [0.5, 0.6) is 0 Å². The SMILES string of the molecule is Cc1cc(I)ccc1NC(=O)C1CC(C)CCN1. The minimum atomic E-state index is -0.0487. The van der Waals surface area contributed by atoms with Crippen LogP contribution in [-0.2, 0) is 4.79 Å². The number of anilines is 1. The third-order valence-corrected chi connectivity index (χ3v) is 4.10. The molecule has 0 saturated carbocycles. The Morgan fingerprint density at radius 2 is 2.28 bits per heavy atom. The Morgan fingerprint density at radius 1 is 1.50 bits per heavy atom. The zero-order valence-electron chi connectivity index (χ0n) is 10.8. The molecule has 18 heavy (non-hydrogen) atoms. The zero-order chi connectivity index (χ0) is 13.1. The van der Waals surface area contributed by atoms with Crippen molar-refractivity contribution < 1.29 is 4.79 Å². The predicted molar refractivity (Wildman–Crippen MR) is 82.7 cm³/mol. The smallest absolute Gasteiger partial charge is 0.241 e. The van der Waals surface area contributed by atoms with Crippen molar-refractivity contribution in [2.75, 3.05) is 11.9 Å². The molecule has 2 rings (SSSR count). The van der Waals surface area contributed by atoms with E-state index in [0.29, 0.717) is 5.92 Å². The topological polar surface area (TPSA) is 41.1 Å². The van der Waals surface area contributed by atoms with Gasteiger partial charge >= 0.3 is 0 Å². The summed E-state index contributed by atoms with van der Waals surface area (Å²) in [7, 11) is 0. The van der Waals surface area contributed by atoms with E-state index in [1.807, 2.05) is 19.1 Å². The van der Waals surface area contributed by atoms with Crippen molar-refractivity contribution in [3.63, 3.8) is 0 Å². The van der Waals surface area contributed by atoms with Crippen LogP contribution in [0.15, 0.2) is 18.2 Å². The minimum absolute atomic E-state index is 0.0487. The van der Waals surface area contributed by atoms with E-state index in [0.717, 1.165) is 30.6 Å². The van der Waals surface area contributed by atoms with Crippen molar-refractivity contribution in [2.24, 2.45) is 5.92 Å². The van der Waals surface area contributed by atoms with Gasteiger partial charge in [-0.05, 0) is 78.6 Å². The van der Waals surface area contributed by atoms with Crippen molar-refractivity contribution in [1.29, 1.82) is 0 Å². The number of aryl methyl sites for hydroxylation is 1. The van der Waals surface area contributed by atoms with Crippen LogP contribution in [0.4, 0.5) is 5.69 Å². The average molecular weight is 358 g/mol. The highest BCUT2D eigenvalue weighted by Crippen LogP contribution is 2.20. The maximum atomic E-state index is 12.2. The monoisotopic (exact) mass is 358 g/mol. The fourth-order valence-electron chi connectivity index (χ4n) is 2.29. The Balaban J connectivity index is 2.02. The molecule has 2 unspecified atom stereocenters. The molecule has 1 aromatic carbocycles. The number of rotatable bonds is 2. The molecular weight excluding hydrogens is 339 g/mol. The van der Waals surface area contributed by atoms with Crippen LogP contribution in [0.3, 0.4) is 0 Å². The number of halogens is 1. The molecule has 1 saturated heterocycles. The second-order valence-electron chi connectivity index (χ2n) is 5.08. The number of nitrogens with one attached hydrogen (secondary N) is 2. The number of amides is 1. The lowest BCUT2D eigenvalue weighted by molar-refractivity contribution is -0.119. The van der Waals surface area contributed by atoms with Gasteiger partial charge in [0.15, 0.2) is 0 Å². The highest BCUT2D eigenvalue weighted by atomic mass is 127. The van der Waals surface area contributed by atoms with E-state index >= 15 is 0 Å². The van der Waals surface area contributed by atoms with E-state index in [1.54, 1.807) is 0 Å². The van der Waals surface area contributed by atoms with Crippen LogP contribution < -0.4 is 10.6 Å². The lowest BCUT2D eigenvalue weighted by atomic mass is 9.94. The van der Waals surface area contributed by atoms with Crippen LogP contribution in [0.25, 0.3) is 0 Å². The Morgan fingerprint density at radius 3 is 2.94 bits per heavy atom. The molecule has 0 aliphatic carbocycles. The molecule has 1 aliphatic rings. The normalized spacial score (nSPS) is 23.7. The van der Waals surface area contributed by atoms with E-state index in [9.17, 15) is 4.79 Å². The largest absolute Gasteiger partial charge is 0.324 e. The Hall–Kier alpha value is -0.620. The van der Waals surface area contributed by atoms with Gasteiger partial charge in [-0.2, -0.15) is 0 Å². The molecule has 2 atom stereocenters. The molecule has 1 amide bonds. The highest BCUT2D eigenvalue weighted by molar-refractivity contribution is 14.1. The standard InChI is InChI=1S/C14H19IN2O/c1-9-5-6-16-13(7-9)14(18)17-12-4-3-11(15)8-10(12)2/h3-4,8-9,13,16H,5-7H2,1-2H3,(H,17,18). The second kappa shape index (κ2) is 6.02. The summed E-state index contributed by atoms with van der Waals surface area (Å²) in [5, 5.41) is 6.31. The van der Waals surface area contributed by atoms with Crippen LogP contribution >= 0.6 is 22.6 Å². The maximum Gasteiger partial charge on any atom is 0.241 e. The molecule has 0 radical (unpaired) electrons. The molecule has 0 spiro atoms. The van der Waals surface area contributed by atoms with Gasteiger partial charge in [-0.15, -0.1) is 0 Å². The van der Waals surface area contributed by atoms with Crippen molar-refractivity contribution in [1.82, 2.24) is 5.32 Å². The third kappa shape index (κ3) is 3.45. The summed E-state index contributed by atoms with van der Waals surface area (Å²) < 4.78 is 1.19. The van der Waals surface area contributed by atoms with Crippen molar-refractivity contribution in [3.05, 3.63) is 27.3 Å². The summed E-state index contributed by atoms with van der Waals surface area (Å²) in [5.74, 6) is 0.714. The molecule has 0 aromatic heterocycles. The minimum Gasteiger partial charge on any atom is -0.324 e. The Bertz CT molecular complexity index is 447. The first-order valence-electron chi connectivity index (χ1n) is 6.36. The quantitative estimate of drug-likeness (QED) is 0.799. The molecule has 1 aliphatic heterocycles. The van der Waals surface area contributed by atoms with Gasteiger partial charge in [-0.3, -0.25) is 4.79 Å². The van der Waals surface area contributed by atoms with E-state index < -0.39 is 0 Å². The molecule has 4 heteroatoms. The summed E-state index contributed by atoms with van der Waals surface area (Å²) in [5.41, 5.74) is 2.03. The molecule has 1 heterocycles. The molecule has 1 aromatic rings. The number of piperidine rings is 1. The molecular formula is C14H19IN2O. The first-order valence-corrected chi connectivity index (χ1v) is 7.44. The number of carbonyl (C=O) groups excluding carboxylic acids is 1. The van der Waals surface area contributed by atoms with E-state index in [2.05, 4.69) is 46.2 Å². The highest BCUT2D eigenvalue weighted by Gasteiger charge is 2.24. The van der Waals surface area contributed by atoms with Gasteiger partial charge in [0, 0.05) is 9.26 Å². The van der Waals surface area contributed by atoms with Gasteiger partial charge in [0.2, 0.25) is 5.91 Å². The predicted octanol–water partition coefficient (Wildman–Crippen LogP) is 2.93. The van der Waals surface area contributed by atoms with Crippen LogP contribution in [-0.4, -0.2) is 18.5 Å². The first-order chi connectivity index (χ1) is 8.56. The van der Waals surface area contributed by atoms with Crippen LogP contribution in [0, 0.1) is 16.4 Å². The van der Waals surface area contributed by atoms with E-state index in [-0.39, 0.29) is 11.9 Å². The average Bonchev–Trinajstić information content (AvgIpc) is 2.32. The lowest BCUT2D eigenvalue weighted by Gasteiger charge is -2.27. The second-order valence-corrected chi connectivity index (χ2v) is 6.33. The zero-order valence-corrected chi connectivity index (χ0v) is 13.0. The number of carbonyl (C=O) groups is 1. The molecule has 1 fully saturated rings. The van der Waals surface area contributed by atoms with Crippen molar-refractivity contribution >= 4 is 34.2 Å². The first kappa shape index (κ1) is 13.8. The third-order valence-electron chi connectivity index (χ3n) is 3.43. The van der Waals surface area contributed by atoms with Crippen LogP contribution in [0.2, 0.25) is 0 Å². The van der Waals surface area contributed by atoms with Gasteiger partial charge in [-0.25, -0.2) is 0 Å². The van der Waals surface area contributed by atoms with Gasteiger partial charge in [0.1, 0.15) is 0 Å². The van der Waals surface area contributed by atoms with Gasteiger partial charge < -0.3 is 10.6 Å². The number of hydrogen-bond acceptors (Lipinski definition) is 2. The van der Waals surface area contributed by atoms with Crippen molar-refractivity contribution in [2.45, 2.75) is 32.7 Å². The van der Waals surface area contributed by atoms with Gasteiger partial charge in [0.25, 0.3) is 0 Å².